The Balaban J connectivity index is 1.66. The van der Waals surface area contributed by atoms with Gasteiger partial charge in [0.2, 0.25) is 11.8 Å². The molecule has 0 aromatic rings. The first kappa shape index (κ1) is 18.7. The predicted molar refractivity (Wildman–Crippen MR) is 91.4 cm³/mol. The molecule has 1 aliphatic heterocycles. The molecule has 7 heteroatoms. The van der Waals surface area contributed by atoms with Crippen LogP contribution in [0.1, 0.15) is 51.9 Å². The van der Waals surface area contributed by atoms with E-state index >= 15 is 0 Å². The second kappa shape index (κ2) is 9.61. The molecule has 0 aromatic heterocycles. The van der Waals surface area contributed by atoms with E-state index < -0.39 is 6.03 Å². The van der Waals surface area contributed by atoms with Crippen molar-refractivity contribution in [2.24, 2.45) is 5.92 Å². The first-order chi connectivity index (χ1) is 11.6. The highest BCUT2D eigenvalue weighted by molar-refractivity contribution is 5.95. The van der Waals surface area contributed by atoms with Crippen LogP contribution in [0.25, 0.3) is 0 Å². The van der Waals surface area contributed by atoms with Gasteiger partial charge in [-0.1, -0.05) is 19.3 Å². The van der Waals surface area contributed by atoms with Gasteiger partial charge in [0.05, 0.1) is 6.54 Å². The van der Waals surface area contributed by atoms with Gasteiger partial charge < -0.3 is 10.6 Å². The van der Waals surface area contributed by atoms with Crippen molar-refractivity contribution in [1.29, 1.82) is 0 Å². The zero-order valence-electron chi connectivity index (χ0n) is 14.6. The van der Waals surface area contributed by atoms with E-state index in [1.807, 2.05) is 4.90 Å². The van der Waals surface area contributed by atoms with Gasteiger partial charge in [0.25, 0.3) is 0 Å². The molecule has 2 fully saturated rings. The molecule has 0 atom stereocenters. The van der Waals surface area contributed by atoms with Gasteiger partial charge in [-0.2, -0.15) is 0 Å². The number of carbonyl (C=O) groups is 3. The van der Waals surface area contributed by atoms with E-state index in [4.69, 9.17) is 0 Å². The minimum atomic E-state index is -0.454. The molecule has 0 bridgehead atoms. The Morgan fingerprint density at radius 2 is 1.67 bits per heavy atom. The number of carbonyl (C=O) groups excluding carboxylic acids is 3. The smallest absolute Gasteiger partial charge is 0.321 e. The molecule has 0 spiro atoms. The number of urea groups is 1. The molecule has 0 radical (unpaired) electrons. The number of nitrogens with one attached hydrogen (secondary N) is 3. The fourth-order valence-corrected chi connectivity index (χ4v) is 3.49. The highest BCUT2D eigenvalue weighted by Crippen LogP contribution is 2.21. The number of piperidine rings is 1. The number of hydrogen-bond acceptors (Lipinski definition) is 4. The average molecular weight is 338 g/mol. The molecular weight excluding hydrogens is 308 g/mol. The topological polar surface area (TPSA) is 90.5 Å². The summed E-state index contributed by atoms with van der Waals surface area (Å²) in [6.07, 6.45) is 7.45. The summed E-state index contributed by atoms with van der Waals surface area (Å²) in [5, 5.41) is 8.03. The van der Waals surface area contributed by atoms with Crippen LogP contribution in [0.5, 0.6) is 0 Å². The second-order valence-electron chi connectivity index (χ2n) is 6.80. The molecule has 2 aliphatic rings. The van der Waals surface area contributed by atoms with Gasteiger partial charge in [0.1, 0.15) is 0 Å². The summed E-state index contributed by atoms with van der Waals surface area (Å²) in [5.74, 6) is -0.0750. The lowest BCUT2D eigenvalue weighted by Gasteiger charge is -2.32. The lowest BCUT2D eigenvalue weighted by Crippen LogP contribution is -2.48. The Labute approximate surface area is 143 Å². The van der Waals surface area contributed by atoms with Crippen molar-refractivity contribution >= 4 is 17.8 Å². The number of amides is 4. The van der Waals surface area contributed by atoms with Crippen molar-refractivity contribution in [1.82, 2.24) is 20.9 Å². The maximum atomic E-state index is 12.4. The van der Waals surface area contributed by atoms with Crippen LogP contribution in [-0.4, -0.2) is 55.0 Å². The van der Waals surface area contributed by atoms with E-state index in [0.29, 0.717) is 25.7 Å². The fourth-order valence-electron chi connectivity index (χ4n) is 3.49. The van der Waals surface area contributed by atoms with E-state index in [2.05, 4.69) is 16.0 Å². The minimum absolute atomic E-state index is 0.0506. The van der Waals surface area contributed by atoms with Gasteiger partial charge >= 0.3 is 6.03 Å². The van der Waals surface area contributed by atoms with Crippen LogP contribution in [0.15, 0.2) is 0 Å². The first-order valence-corrected chi connectivity index (χ1v) is 9.19. The molecule has 0 aromatic carbocycles. The van der Waals surface area contributed by atoms with Crippen LogP contribution >= 0.6 is 0 Å². The van der Waals surface area contributed by atoms with Crippen molar-refractivity contribution in [2.45, 2.75) is 57.9 Å². The molecular formula is C17H30N4O3. The SMILES string of the molecule is CCNC(=O)NC(=O)CN1CCC(C(=O)NC2CCCCC2)CC1. The number of likely N-dealkylation sites (tertiary alicyclic amines) is 1. The number of imide groups is 1. The Morgan fingerprint density at radius 3 is 2.29 bits per heavy atom. The highest BCUT2D eigenvalue weighted by atomic mass is 16.2. The van der Waals surface area contributed by atoms with Crippen LogP contribution in [0.4, 0.5) is 4.79 Å². The highest BCUT2D eigenvalue weighted by Gasteiger charge is 2.27. The summed E-state index contributed by atoms with van der Waals surface area (Å²) in [6.45, 7) is 3.92. The fraction of sp³-hybridized carbons (Fsp3) is 0.824. The lowest BCUT2D eigenvalue weighted by atomic mass is 9.92. The molecule has 2 rings (SSSR count). The molecule has 1 aliphatic carbocycles. The molecule has 1 saturated heterocycles. The third-order valence-corrected chi connectivity index (χ3v) is 4.87. The summed E-state index contributed by atoms with van der Waals surface area (Å²) in [7, 11) is 0. The van der Waals surface area contributed by atoms with Crippen molar-refractivity contribution in [3.05, 3.63) is 0 Å². The van der Waals surface area contributed by atoms with Gasteiger partial charge in [-0.25, -0.2) is 4.79 Å². The third kappa shape index (κ3) is 6.11. The summed E-state index contributed by atoms with van der Waals surface area (Å²) in [6, 6.07) is -0.101. The molecule has 24 heavy (non-hydrogen) atoms. The monoisotopic (exact) mass is 338 g/mol. The number of nitrogens with zero attached hydrogens (tertiary/aromatic N) is 1. The van der Waals surface area contributed by atoms with Crippen molar-refractivity contribution in [2.75, 3.05) is 26.2 Å². The molecule has 0 unspecified atom stereocenters. The molecule has 1 saturated carbocycles. The standard InChI is InChI=1S/C17H30N4O3/c1-2-18-17(24)20-15(22)12-21-10-8-13(9-11-21)16(23)19-14-6-4-3-5-7-14/h13-14H,2-12H2,1H3,(H,19,23)(H2,18,20,22,24). The summed E-state index contributed by atoms with van der Waals surface area (Å²) in [4.78, 5) is 37.4. The van der Waals surface area contributed by atoms with Crippen LogP contribution in [0, 0.1) is 5.92 Å². The lowest BCUT2D eigenvalue weighted by molar-refractivity contribution is -0.127. The van der Waals surface area contributed by atoms with Crippen LogP contribution in [-0.2, 0) is 9.59 Å². The zero-order valence-corrected chi connectivity index (χ0v) is 14.6. The van der Waals surface area contributed by atoms with Gasteiger partial charge in [-0.05, 0) is 45.7 Å². The Hall–Kier alpha value is -1.63. The van der Waals surface area contributed by atoms with Crippen molar-refractivity contribution in [3.8, 4) is 0 Å². The molecule has 1 heterocycles. The minimum Gasteiger partial charge on any atom is -0.353 e. The largest absolute Gasteiger partial charge is 0.353 e. The van der Waals surface area contributed by atoms with E-state index in [1.54, 1.807) is 6.92 Å². The zero-order chi connectivity index (χ0) is 17.4. The summed E-state index contributed by atoms with van der Waals surface area (Å²) in [5.41, 5.74) is 0. The maximum Gasteiger partial charge on any atom is 0.321 e. The predicted octanol–water partition coefficient (Wildman–Crippen LogP) is 0.993. The van der Waals surface area contributed by atoms with E-state index in [0.717, 1.165) is 25.7 Å². The van der Waals surface area contributed by atoms with Gasteiger partial charge in [-0.15, -0.1) is 0 Å². The van der Waals surface area contributed by atoms with Gasteiger partial charge in [0, 0.05) is 18.5 Å². The second-order valence-corrected chi connectivity index (χ2v) is 6.80. The summed E-state index contributed by atoms with van der Waals surface area (Å²) < 4.78 is 0. The molecule has 4 amide bonds. The Kier molecular flexibility index (Phi) is 7.49. The Morgan fingerprint density at radius 1 is 1.00 bits per heavy atom. The van der Waals surface area contributed by atoms with Crippen molar-refractivity contribution in [3.63, 3.8) is 0 Å². The average Bonchev–Trinajstić information content (AvgIpc) is 2.56. The van der Waals surface area contributed by atoms with E-state index in [-0.39, 0.29) is 24.3 Å². The number of hydrogen-bond donors (Lipinski definition) is 3. The molecule has 136 valence electrons. The Bertz CT molecular complexity index is 441. The van der Waals surface area contributed by atoms with Crippen LogP contribution in [0.2, 0.25) is 0 Å². The summed E-state index contributed by atoms with van der Waals surface area (Å²) >= 11 is 0. The quantitative estimate of drug-likeness (QED) is 0.697. The first-order valence-electron chi connectivity index (χ1n) is 9.19. The number of rotatable bonds is 5. The third-order valence-electron chi connectivity index (χ3n) is 4.87. The molecule has 7 nitrogen and oxygen atoms in total. The van der Waals surface area contributed by atoms with Crippen LogP contribution in [0.3, 0.4) is 0 Å². The van der Waals surface area contributed by atoms with E-state index in [1.165, 1.54) is 19.3 Å². The normalized spacial score (nSPS) is 20.4. The maximum absolute atomic E-state index is 12.4. The molecule has 3 N–H and O–H groups in total. The van der Waals surface area contributed by atoms with Crippen LogP contribution < -0.4 is 16.0 Å². The van der Waals surface area contributed by atoms with Gasteiger partial charge in [-0.3, -0.25) is 19.8 Å². The van der Waals surface area contributed by atoms with Crippen molar-refractivity contribution < 1.29 is 14.4 Å². The van der Waals surface area contributed by atoms with E-state index in [9.17, 15) is 14.4 Å². The van der Waals surface area contributed by atoms with Gasteiger partial charge in [0.15, 0.2) is 0 Å².